The molecular formula is C12H16N4O2S. The molecule has 2 aromatic heterocycles. The predicted octanol–water partition coefficient (Wildman–Crippen LogP) is 2.55. The van der Waals surface area contributed by atoms with Crippen molar-refractivity contribution in [1.82, 2.24) is 15.1 Å². The lowest BCUT2D eigenvalue weighted by molar-refractivity contribution is -0.380. The number of nitro groups is 1. The monoisotopic (exact) mass is 280 g/mol. The SMILES string of the molecule is Cc1c(C(C)NCc2csc([N+](=O)[O-])c2)cnn1C. The van der Waals surface area contributed by atoms with Gasteiger partial charge in [-0.25, -0.2) is 0 Å². The van der Waals surface area contributed by atoms with Crippen LogP contribution in [0.25, 0.3) is 0 Å². The van der Waals surface area contributed by atoms with E-state index in [0.717, 1.165) is 28.2 Å². The number of hydrogen-bond acceptors (Lipinski definition) is 5. The Hall–Kier alpha value is -1.73. The summed E-state index contributed by atoms with van der Waals surface area (Å²) in [6.45, 7) is 4.70. The van der Waals surface area contributed by atoms with Crippen molar-refractivity contribution in [2.24, 2.45) is 7.05 Å². The summed E-state index contributed by atoms with van der Waals surface area (Å²) in [6.07, 6.45) is 1.85. The van der Waals surface area contributed by atoms with E-state index < -0.39 is 0 Å². The highest BCUT2D eigenvalue weighted by atomic mass is 32.1. The molecule has 0 aliphatic carbocycles. The van der Waals surface area contributed by atoms with Crippen molar-refractivity contribution in [3.8, 4) is 0 Å². The van der Waals surface area contributed by atoms with Gasteiger partial charge < -0.3 is 5.32 Å². The van der Waals surface area contributed by atoms with E-state index in [4.69, 9.17) is 0 Å². The number of rotatable bonds is 5. The normalized spacial score (nSPS) is 12.6. The van der Waals surface area contributed by atoms with E-state index in [2.05, 4.69) is 17.3 Å². The first-order valence-electron chi connectivity index (χ1n) is 5.92. The van der Waals surface area contributed by atoms with Crippen LogP contribution >= 0.6 is 11.3 Å². The molecule has 6 nitrogen and oxygen atoms in total. The van der Waals surface area contributed by atoms with Crippen molar-refractivity contribution in [1.29, 1.82) is 0 Å². The molecule has 2 heterocycles. The highest BCUT2D eigenvalue weighted by Crippen LogP contribution is 2.23. The summed E-state index contributed by atoms with van der Waals surface area (Å²) in [5, 5.41) is 20.2. The lowest BCUT2D eigenvalue weighted by Gasteiger charge is -2.12. The minimum absolute atomic E-state index is 0.160. The van der Waals surface area contributed by atoms with Crippen LogP contribution in [0.3, 0.4) is 0 Å². The van der Waals surface area contributed by atoms with Crippen molar-refractivity contribution in [2.45, 2.75) is 26.4 Å². The molecule has 19 heavy (non-hydrogen) atoms. The van der Waals surface area contributed by atoms with Gasteiger partial charge >= 0.3 is 5.00 Å². The Morgan fingerprint density at radius 3 is 2.89 bits per heavy atom. The third-order valence-corrected chi connectivity index (χ3v) is 4.10. The maximum atomic E-state index is 10.6. The molecule has 7 heteroatoms. The first-order valence-corrected chi connectivity index (χ1v) is 6.80. The number of aryl methyl sites for hydroxylation is 1. The van der Waals surface area contributed by atoms with Gasteiger partial charge in [-0.2, -0.15) is 5.10 Å². The van der Waals surface area contributed by atoms with Crippen molar-refractivity contribution in [3.05, 3.63) is 44.6 Å². The fraction of sp³-hybridized carbons (Fsp3) is 0.417. The molecule has 1 unspecified atom stereocenters. The average Bonchev–Trinajstić information content (AvgIpc) is 2.95. The quantitative estimate of drug-likeness (QED) is 0.674. The molecule has 1 atom stereocenters. The van der Waals surface area contributed by atoms with Crippen LogP contribution in [-0.4, -0.2) is 14.7 Å². The van der Waals surface area contributed by atoms with Crippen LogP contribution < -0.4 is 5.32 Å². The Morgan fingerprint density at radius 2 is 2.37 bits per heavy atom. The van der Waals surface area contributed by atoms with Crippen LogP contribution in [0.5, 0.6) is 0 Å². The summed E-state index contributed by atoms with van der Waals surface area (Å²) < 4.78 is 1.84. The number of thiophene rings is 1. The van der Waals surface area contributed by atoms with Gasteiger partial charge in [0.2, 0.25) is 0 Å². The predicted molar refractivity (Wildman–Crippen MR) is 74.2 cm³/mol. The number of nitrogens with zero attached hydrogens (tertiary/aromatic N) is 3. The molecule has 0 aliphatic rings. The molecular weight excluding hydrogens is 264 g/mol. The number of aromatic nitrogens is 2. The number of hydrogen-bond donors (Lipinski definition) is 1. The lowest BCUT2D eigenvalue weighted by atomic mass is 10.1. The summed E-state index contributed by atoms with van der Waals surface area (Å²) in [7, 11) is 1.91. The van der Waals surface area contributed by atoms with Crippen LogP contribution in [-0.2, 0) is 13.6 Å². The number of nitrogens with one attached hydrogen (secondary N) is 1. The standard InChI is InChI=1S/C12H16N4O2S/c1-8(11-6-14-15(3)9(11)2)13-5-10-4-12(16(17)18)19-7-10/h4,6-8,13H,5H2,1-3H3. The van der Waals surface area contributed by atoms with E-state index >= 15 is 0 Å². The van der Waals surface area contributed by atoms with Crippen molar-refractivity contribution >= 4 is 16.3 Å². The minimum atomic E-state index is -0.358. The summed E-state index contributed by atoms with van der Waals surface area (Å²) in [5.74, 6) is 0. The molecule has 0 bridgehead atoms. The zero-order valence-corrected chi connectivity index (χ0v) is 11.9. The van der Waals surface area contributed by atoms with E-state index in [1.54, 1.807) is 6.07 Å². The highest BCUT2D eigenvalue weighted by Gasteiger charge is 2.13. The summed E-state index contributed by atoms with van der Waals surface area (Å²) in [6, 6.07) is 1.77. The zero-order chi connectivity index (χ0) is 14.0. The van der Waals surface area contributed by atoms with Gasteiger partial charge in [0.05, 0.1) is 11.1 Å². The first-order chi connectivity index (χ1) is 8.99. The molecule has 0 saturated heterocycles. The van der Waals surface area contributed by atoms with Crippen molar-refractivity contribution < 1.29 is 4.92 Å². The summed E-state index contributed by atoms with van der Waals surface area (Å²) in [4.78, 5) is 10.2. The highest BCUT2D eigenvalue weighted by molar-refractivity contribution is 7.13. The van der Waals surface area contributed by atoms with Gasteiger partial charge in [0.25, 0.3) is 0 Å². The maximum Gasteiger partial charge on any atom is 0.324 e. The second kappa shape index (κ2) is 5.50. The molecule has 0 aromatic carbocycles. The molecule has 0 fully saturated rings. The molecule has 0 amide bonds. The van der Waals surface area contributed by atoms with Crippen LogP contribution in [0, 0.1) is 17.0 Å². The van der Waals surface area contributed by atoms with Crippen LogP contribution in [0.4, 0.5) is 5.00 Å². The van der Waals surface area contributed by atoms with E-state index in [0.29, 0.717) is 6.54 Å². The van der Waals surface area contributed by atoms with Gasteiger partial charge in [0.15, 0.2) is 0 Å². The van der Waals surface area contributed by atoms with Gasteiger partial charge in [0.1, 0.15) is 0 Å². The summed E-state index contributed by atoms with van der Waals surface area (Å²) >= 11 is 1.16. The lowest BCUT2D eigenvalue weighted by Crippen LogP contribution is -2.18. The van der Waals surface area contributed by atoms with E-state index in [1.807, 2.05) is 30.2 Å². The first kappa shape index (κ1) is 13.7. The minimum Gasteiger partial charge on any atom is -0.306 e. The molecule has 0 saturated carbocycles. The molecule has 1 N–H and O–H groups in total. The summed E-state index contributed by atoms with van der Waals surface area (Å²) in [5.41, 5.74) is 3.20. The molecule has 102 valence electrons. The second-order valence-corrected chi connectivity index (χ2v) is 5.35. The zero-order valence-electron chi connectivity index (χ0n) is 11.1. The third-order valence-electron chi connectivity index (χ3n) is 3.17. The van der Waals surface area contributed by atoms with Gasteiger partial charge in [-0.15, -0.1) is 0 Å². The smallest absolute Gasteiger partial charge is 0.306 e. The molecule has 2 aromatic rings. The topological polar surface area (TPSA) is 73.0 Å². The van der Waals surface area contributed by atoms with E-state index in [9.17, 15) is 10.1 Å². The molecule has 0 spiro atoms. The third kappa shape index (κ3) is 2.99. The van der Waals surface area contributed by atoms with Crippen molar-refractivity contribution in [3.63, 3.8) is 0 Å². The van der Waals surface area contributed by atoms with Crippen LogP contribution in [0.2, 0.25) is 0 Å². The van der Waals surface area contributed by atoms with Gasteiger partial charge in [-0.1, -0.05) is 11.3 Å². The van der Waals surface area contributed by atoms with E-state index in [1.165, 1.54) is 0 Å². The second-order valence-electron chi connectivity index (χ2n) is 4.46. The Morgan fingerprint density at radius 1 is 1.63 bits per heavy atom. The molecule has 2 rings (SSSR count). The Kier molecular flexibility index (Phi) is 3.96. The largest absolute Gasteiger partial charge is 0.324 e. The van der Waals surface area contributed by atoms with Crippen LogP contribution in [0.1, 0.15) is 29.8 Å². The van der Waals surface area contributed by atoms with Gasteiger partial charge in [-0.3, -0.25) is 14.8 Å². The molecule has 0 aliphatic heterocycles. The van der Waals surface area contributed by atoms with Crippen molar-refractivity contribution in [2.75, 3.05) is 0 Å². The molecule has 0 radical (unpaired) electrons. The van der Waals surface area contributed by atoms with Crippen LogP contribution in [0.15, 0.2) is 17.6 Å². The Labute approximate surface area is 115 Å². The van der Waals surface area contributed by atoms with Gasteiger partial charge in [-0.05, 0) is 19.4 Å². The van der Waals surface area contributed by atoms with E-state index in [-0.39, 0.29) is 16.0 Å². The fourth-order valence-corrected chi connectivity index (χ4v) is 2.60. The fourth-order valence-electron chi connectivity index (χ4n) is 1.87. The Balaban J connectivity index is 1.98. The van der Waals surface area contributed by atoms with Gasteiger partial charge in [0, 0.05) is 42.3 Å². The average molecular weight is 280 g/mol. The maximum absolute atomic E-state index is 10.6. The Bertz CT molecular complexity index is 590.